The van der Waals surface area contributed by atoms with Crippen molar-refractivity contribution in [3.8, 4) is 0 Å². The number of thioether (sulfide) groups is 1. The Hall–Kier alpha value is -2.57. The Morgan fingerprint density at radius 3 is 2.82 bits per heavy atom. The van der Waals surface area contributed by atoms with Gasteiger partial charge in [-0.1, -0.05) is 47.6 Å². The zero-order chi connectivity index (χ0) is 20.3. The topological polar surface area (TPSA) is 64.0 Å². The number of nitrogens with zero attached hydrogens (tertiary/aromatic N) is 2. The lowest BCUT2D eigenvalue weighted by molar-refractivity contribution is -0.115. The minimum atomic E-state index is -0.470. The highest BCUT2D eigenvalue weighted by atomic mass is 35.5. The number of nitrogens with one attached hydrogen (secondary N) is 1. The highest BCUT2D eigenvalue weighted by Gasteiger charge is 2.20. The van der Waals surface area contributed by atoms with E-state index in [9.17, 15) is 9.59 Å². The highest BCUT2D eigenvalue weighted by molar-refractivity contribution is 8.00. The summed E-state index contributed by atoms with van der Waals surface area (Å²) in [5.41, 5.74) is 1.93. The number of benzene rings is 2. The molecule has 0 spiro atoms. The molecule has 0 aliphatic carbocycles. The minimum absolute atomic E-state index is 0.147. The molecule has 28 heavy (non-hydrogen) atoms. The molecule has 1 aromatic heterocycles. The number of hydrogen-bond acceptors (Lipinski definition) is 4. The van der Waals surface area contributed by atoms with Crippen molar-refractivity contribution in [1.29, 1.82) is 0 Å². The van der Waals surface area contributed by atoms with Crippen molar-refractivity contribution in [3.63, 3.8) is 0 Å². The molecule has 0 bridgehead atoms. The van der Waals surface area contributed by atoms with Crippen LogP contribution in [0.15, 0.2) is 65.1 Å². The number of aromatic nitrogens is 2. The van der Waals surface area contributed by atoms with E-state index in [0.29, 0.717) is 33.3 Å². The maximum atomic E-state index is 12.8. The van der Waals surface area contributed by atoms with Gasteiger partial charge in [0.05, 0.1) is 16.2 Å². The molecule has 1 heterocycles. The summed E-state index contributed by atoms with van der Waals surface area (Å²) < 4.78 is 1.54. The minimum Gasteiger partial charge on any atom is -0.325 e. The van der Waals surface area contributed by atoms with Gasteiger partial charge in [0.15, 0.2) is 5.16 Å². The number of allylic oxidation sites excluding steroid dienone is 1. The Kier molecular flexibility index (Phi) is 6.21. The Labute approximate surface area is 172 Å². The predicted molar refractivity (Wildman–Crippen MR) is 116 cm³/mol. The maximum absolute atomic E-state index is 12.8. The monoisotopic (exact) mass is 413 g/mol. The highest BCUT2D eigenvalue weighted by Crippen LogP contribution is 2.26. The van der Waals surface area contributed by atoms with Gasteiger partial charge in [0.1, 0.15) is 0 Å². The molecule has 3 aromatic rings. The zero-order valence-corrected chi connectivity index (χ0v) is 17.2. The van der Waals surface area contributed by atoms with Crippen molar-refractivity contribution < 1.29 is 4.79 Å². The second kappa shape index (κ2) is 8.63. The summed E-state index contributed by atoms with van der Waals surface area (Å²) >= 11 is 7.36. The van der Waals surface area contributed by atoms with Crippen LogP contribution in [-0.4, -0.2) is 20.7 Å². The van der Waals surface area contributed by atoms with Crippen LogP contribution in [0.1, 0.15) is 12.5 Å². The molecule has 0 aliphatic heterocycles. The summed E-state index contributed by atoms with van der Waals surface area (Å²) in [6.07, 6.45) is 1.64. The number of para-hydroxylation sites is 1. The number of hydrogen-bond donors (Lipinski definition) is 1. The van der Waals surface area contributed by atoms with E-state index in [4.69, 9.17) is 11.6 Å². The molecule has 1 N–H and O–H groups in total. The SMILES string of the molecule is C=CCn1c(S[C@H](C)C(=O)Nc2cccc(Cl)c2C)nc2ccccc2c1=O. The first kappa shape index (κ1) is 20.2. The van der Waals surface area contributed by atoms with Crippen LogP contribution in [0.2, 0.25) is 5.02 Å². The molecule has 2 aromatic carbocycles. The van der Waals surface area contributed by atoms with E-state index in [1.165, 1.54) is 16.3 Å². The molecule has 0 unspecified atom stereocenters. The Bertz CT molecular complexity index is 1110. The third kappa shape index (κ3) is 4.13. The Morgan fingerprint density at radius 1 is 1.32 bits per heavy atom. The molecule has 7 heteroatoms. The largest absolute Gasteiger partial charge is 0.325 e. The van der Waals surface area contributed by atoms with Crippen LogP contribution in [0, 0.1) is 6.92 Å². The van der Waals surface area contributed by atoms with Crippen LogP contribution in [0.4, 0.5) is 5.69 Å². The third-order valence-corrected chi connectivity index (χ3v) is 5.81. The van der Waals surface area contributed by atoms with Crippen molar-refractivity contribution >= 4 is 45.9 Å². The van der Waals surface area contributed by atoms with Gasteiger partial charge >= 0.3 is 0 Å². The Morgan fingerprint density at radius 2 is 2.07 bits per heavy atom. The summed E-state index contributed by atoms with van der Waals surface area (Å²) in [6.45, 7) is 7.66. The lowest BCUT2D eigenvalue weighted by Crippen LogP contribution is -2.27. The van der Waals surface area contributed by atoms with Crippen molar-refractivity contribution in [1.82, 2.24) is 9.55 Å². The van der Waals surface area contributed by atoms with Crippen LogP contribution in [0.5, 0.6) is 0 Å². The lowest BCUT2D eigenvalue weighted by Gasteiger charge is -2.16. The summed E-state index contributed by atoms with van der Waals surface area (Å²) in [6, 6.07) is 12.5. The van der Waals surface area contributed by atoms with Crippen molar-refractivity contribution in [2.24, 2.45) is 0 Å². The Balaban J connectivity index is 1.89. The standard InChI is InChI=1S/C21H20ClN3O2S/c1-4-12-25-20(27)15-8-5-6-10-18(15)24-21(25)28-14(3)19(26)23-17-11-7-9-16(22)13(17)2/h4-11,14H,1,12H2,2-3H3,(H,23,26)/t14-/m1/s1. The van der Waals surface area contributed by atoms with Gasteiger partial charge in [-0.2, -0.15) is 0 Å². The van der Waals surface area contributed by atoms with Crippen LogP contribution in [0.25, 0.3) is 10.9 Å². The molecule has 5 nitrogen and oxygen atoms in total. The predicted octanol–water partition coefficient (Wildman–Crippen LogP) is 4.66. The number of fused-ring (bicyclic) bond motifs is 1. The van der Waals surface area contributed by atoms with Crippen molar-refractivity contribution in [2.45, 2.75) is 30.8 Å². The van der Waals surface area contributed by atoms with Crippen LogP contribution < -0.4 is 10.9 Å². The van der Waals surface area contributed by atoms with Gasteiger partial charge < -0.3 is 5.32 Å². The molecule has 3 rings (SSSR count). The molecule has 0 saturated carbocycles. The number of halogens is 1. The van der Waals surface area contributed by atoms with Crippen LogP contribution >= 0.6 is 23.4 Å². The summed E-state index contributed by atoms with van der Waals surface area (Å²) in [5.74, 6) is -0.192. The van der Waals surface area contributed by atoms with E-state index < -0.39 is 5.25 Å². The molecule has 0 aliphatic rings. The van der Waals surface area contributed by atoms with E-state index >= 15 is 0 Å². The number of amides is 1. The third-order valence-electron chi connectivity index (χ3n) is 4.32. The number of anilines is 1. The first-order valence-corrected chi connectivity index (χ1v) is 10.0. The van der Waals surface area contributed by atoms with Gasteiger partial charge in [-0.3, -0.25) is 14.2 Å². The fraction of sp³-hybridized carbons (Fsp3) is 0.190. The summed E-state index contributed by atoms with van der Waals surface area (Å²) in [7, 11) is 0. The summed E-state index contributed by atoms with van der Waals surface area (Å²) in [4.78, 5) is 30.1. The lowest BCUT2D eigenvalue weighted by atomic mass is 10.2. The van der Waals surface area contributed by atoms with E-state index in [2.05, 4.69) is 16.9 Å². The second-order valence-electron chi connectivity index (χ2n) is 6.28. The molecule has 144 valence electrons. The van der Waals surface area contributed by atoms with Crippen molar-refractivity contribution in [3.05, 3.63) is 76.1 Å². The molecule has 1 atom stereocenters. The van der Waals surface area contributed by atoms with Crippen molar-refractivity contribution in [2.75, 3.05) is 5.32 Å². The van der Waals surface area contributed by atoms with E-state index in [1.54, 1.807) is 49.4 Å². The molecule has 0 radical (unpaired) electrons. The molecular formula is C21H20ClN3O2S. The average Bonchev–Trinajstić information content (AvgIpc) is 2.68. The quantitative estimate of drug-likeness (QED) is 0.362. The number of carbonyl (C=O) groups is 1. The first-order chi connectivity index (χ1) is 13.4. The number of carbonyl (C=O) groups excluding carboxylic acids is 1. The molecule has 0 fully saturated rings. The van der Waals surface area contributed by atoms with Crippen LogP contribution in [0.3, 0.4) is 0 Å². The molecule has 0 saturated heterocycles. The van der Waals surface area contributed by atoms with Gasteiger partial charge in [0.2, 0.25) is 5.91 Å². The fourth-order valence-corrected chi connectivity index (χ4v) is 3.81. The number of rotatable bonds is 6. The van der Waals surface area contributed by atoms with Gasteiger partial charge in [-0.15, -0.1) is 6.58 Å². The van der Waals surface area contributed by atoms with Gasteiger partial charge in [0, 0.05) is 17.3 Å². The fourth-order valence-electron chi connectivity index (χ4n) is 2.72. The summed E-state index contributed by atoms with van der Waals surface area (Å²) in [5, 5.41) is 4.04. The van der Waals surface area contributed by atoms with Gasteiger partial charge in [-0.25, -0.2) is 4.98 Å². The molecule has 1 amide bonds. The second-order valence-corrected chi connectivity index (χ2v) is 7.99. The maximum Gasteiger partial charge on any atom is 0.262 e. The van der Waals surface area contributed by atoms with E-state index in [1.807, 2.05) is 13.0 Å². The average molecular weight is 414 g/mol. The van der Waals surface area contributed by atoms with Gasteiger partial charge in [-0.05, 0) is 43.7 Å². The normalized spacial score (nSPS) is 12.0. The smallest absolute Gasteiger partial charge is 0.262 e. The first-order valence-electron chi connectivity index (χ1n) is 8.75. The zero-order valence-electron chi connectivity index (χ0n) is 15.6. The molecular weight excluding hydrogens is 394 g/mol. The van der Waals surface area contributed by atoms with E-state index in [-0.39, 0.29) is 11.5 Å². The van der Waals surface area contributed by atoms with Crippen LogP contribution in [-0.2, 0) is 11.3 Å². The van der Waals surface area contributed by atoms with Gasteiger partial charge in [0.25, 0.3) is 5.56 Å². The van der Waals surface area contributed by atoms with E-state index in [0.717, 1.165) is 5.56 Å².